The maximum atomic E-state index is 12.6. The van der Waals surface area contributed by atoms with Gasteiger partial charge in [0.25, 0.3) is 0 Å². The van der Waals surface area contributed by atoms with Crippen molar-refractivity contribution in [3.8, 4) is 0 Å². The number of halogens is 3. The topological polar surface area (TPSA) is 47.6 Å². The molecule has 2 aromatic rings. The van der Waals surface area contributed by atoms with Gasteiger partial charge in [0.2, 0.25) is 0 Å². The Morgan fingerprint density at radius 1 is 1.00 bits per heavy atom. The lowest BCUT2D eigenvalue weighted by Crippen LogP contribution is -2.11. The molecule has 0 aliphatic rings. The van der Waals surface area contributed by atoms with Crippen molar-refractivity contribution in [1.82, 2.24) is 0 Å². The van der Waals surface area contributed by atoms with Gasteiger partial charge in [0.1, 0.15) is 6.61 Å². The molecule has 0 heterocycles. The van der Waals surface area contributed by atoms with E-state index in [0.29, 0.717) is 24.2 Å². The Labute approximate surface area is 132 Å². The first-order chi connectivity index (χ1) is 11.0. The van der Waals surface area contributed by atoms with Crippen molar-refractivity contribution >= 4 is 5.71 Å². The summed E-state index contributed by atoms with van der Waals surface area (Å²) < 4.78 is 37.9. The largest absolute Gasteiger partial charge is 0.416 e. The summed E-state index contributed by atoms with van der Waals surface area (Å²) in [6, 6.07) is 14.4. The van der Waals surface area contributed by atoms with Gasteiger partial charge in [-0.2, -0.15) is 13.2 Å². The molecule has 2 N–H and O–H groups in total. The minimum atomic E-state index is -4.36. The van der Waals surface area contributed by atoms with Crippen LogP contribution in [0, 0.1) is 0 Å². The highest BCUT2D eigenvalue weighted by Gasteiger charge is 2.30. The van der Waals surface area contributed by atoms with Gasteiger partial charge < -0.3 is 10.6 Å². The molecule has 0 spiro atoms. The second-order valence-corrected chi connectivity index (χ2v) is 4.90. The maximum absolute atomic E-state index is 12.6. The molecule has 6 heteroatoms. The van der Waals surface area contributed by atoms with Gasteiger partial charge in [0.15, 0.2) is 0 Å². The van der Waals surface area contributed by atoms with Gasteiger partial charge in [-0.05, 0) is 23.3 Å². The SMILES string of the molecule is NCCON=C(Cc1ccccc1)c1ccc(C(F)(F)F)cc1. The molecule has 0 unspecified atom stereocenters. The molecule has 0 fully saturated rings. The summed E-state index contributed by atoms with van der Waals surface area (Å²) in [4.78, 5) is 5.11. The number of nitrogens with zero attached hydrogens (tertiary/aromatic N) is 1. The zero-order chi connectivity index (χ0) is 16.7. The number of hydrogen-bond acceptors (Lipinski definition) is 3. The third kappa shape index (κ3) is 5.10. The lowest BCUT2D eigenvalue weighted by molar-refractivity contribution is -0.137. The lowest BCUT2D eigenvalue weighted by atomic mass is 10.0. The average Bonchev–Trinajstić information content (AvgIpc) is 2.54. The minimum absolute atomic E-state index is 0.249. The van der Waals surface area contributed by atoms with Gasteiger partial charge in [0, 0.05) is 13.0 Å². The molecule has 2 rings (SSSR count). The van der Waals surface area contributed by atoms with E-state index in [-0.39, 0.29) is 6.61 Å². The standard InChI is InChI=1S/C17H17F3N2O/c18-17(19,20)15-8-6-14(7-9-15)16(22-23-11-10-21)12-13-4-2-1-3-5-13/h1-9H,10-12,21H2. The van der Waals surface area contributed by atoms with Crippen LogP contribution in [0.5, 0.6) is 0 Å². The number of nitrogens with two attached hydrogens (primary N) is 1. The molecule has 0 saturated heterocycles. The summed E-state index contributed by atoms with van der Waals surface area (Å²) in [6.45, 7) is 0.564. The number of alkyl halides is 3. The molecular weight excluding hydrogens is 305 g/mol. The molecule has 0 amide bonds. The molecule has 3 nitrogen and oxygen atoms in total. The molecule has 2 aromatic carbocycles. The molecule has 23 heavy (non-hydrogen) atoms. The van der Waals surface area contributed by atoms with E-state index in [2.05, 4.69) is 5.16 Å². The van der Waals surface area contributed by atoms with E-state index in [1.54, 1.807) is 0 Å². The first-order valence-electron chi connectivity index (χ1n) is 7.11. The van der Waals surface area contributed by atoms with E-state index in [4.69, 9.17) is 10.6 Å². The normalized spacial score (nSPS) is 12.3. The molecule has 0 bridgehead atoms. The third-order valence-corrected chi connectivity index (χ3v) is 3.14. The number of oxime groups is 1. The van der Waals surface area contributed by atoms with Gasteiger partial charge in [-0.25, -0.2) is 0 Å². The van der Waals surface area contributed by atoms with E-state index < -0.39 is 11.7 Å². The van der Waals surface area contributed by atoms with Crippen LogP contribution in [0.1, 0.15) is 16.7 Å². The van der Waals surface area contributed by atoms with Crippen LogP contribution in [-0.4, -0.2) is 18.9 Å². The molecule has 122 valence electrons. The van der Waals surface area contributed by atoms with Crippen molar-refractivity contribution in [3.63, 3.8) is 0 Å². The summed E-state index contributed by atoms with van der Waals surface area (Å²) in [6.07, 6.45) is -3.90. The number of rotatable bonds is 6. The first kappa shape index (κ1) is 17.0. The molecular formula is C17H17F3N2O. The van der Waals surface area contributed by atoms with Gasteiger partial charge in [-0.15, -0.1) is 0 Å². The average molecular weight is 322 g/mol. The highest BCUT2D eigenvalue weighted by atomic mass is 19.4. The molecule has 0 aliphatic carbocycles. The molecule has 0 aromatic heterocycles. The van der Waals surface area contributed by atoms with E-state index in [9.17, 15) is 13.2 Å². The fourth-order valence-corrected chi connectivity index (χ4v) is 2.00. The van der Waals surface area contributed by atoms with Crippen molar-refractivity contribution in [2.24, 2.45) is 10.9 Å². The summed E-state index contributed by atoms with van der Waals surface area (Å²) in [5.74, 6) is 0. The summed E-state index contributed by atoms with van der Waals surface area (Å²) >= 11 is 0. The quantitative estimate of drug-likeness (QED) is 0.501. The van der Waals surface area contributed by atoms with Crippen LogP contribution >= 0.6 is 0 Å². The van der Waals surface area contributed by atoms with Gasteiger partial charge in [0.05, 0.1) is 11.3 Å². The Hall–Kier alpha value is -2.34. The Morgan fingerprint density at radius 3 is 2.22 bits per heavy atom. The van der Waals surface area contributed by atoms with Crippen LogP contribution in [0.15, 0.2) is 59.8 Å². The van der Waals surface area contributed by atoms with Crippen LogP contribution in [0.2, 0.25) is 0 Å². The van der Waals surface area contributed by atoms with Crippen molar-refractivity contribution < 1.29 is 18.0 Å². The Bertz CT molecular complexity index is 637. The van der Waals surface area contributed by atoms with Crippen LogP contribution in [-0.2, 0) is 17.4 Å². The fourth-order valence-electron chi connectivity index (χ4n) is 2.00. The monoisotopic (exact) mass is 322 g/mol. The van der Waals surface area contributed by atoms with Crippen molar-refractivity contribution in [2.45, 2.75) is 12.6 Å². The Morgan fingerprint density at radius 2 is 1.65 bits per heavy atom. The van der Waals surface area contributed by atoms with Crippen molar-refractivity contribution in [2.75, 3.05) is 13.2 Å². The van der Waals surface area contributed by atoms with Gasteiger partial charge in [-0.1, -0.05) is 47.6 Å². The third-order valence-electron chi connectivity index (χ3n) is 3.14. The molecule has 0 atom stereocenters. The van der Waals surface area contributed by atoms with E-state index in [1.165, 1.54) is 12.1 Å². The first-order valence-corrected chi connectivity index (χ1v) is 7.11. The van der Waals surface area contributed by atoms with E-state index in [1.807, 2.05) is 30.3 Å². The zero-order valence-electron chi connectivity index (χ0n) is 12.4. The number of hydrogen-bond donors (Lipinski definition) is 1. The zero-order valence-corrected chi connectivity index (χ0v) is 12.4. The molecule has 0 radical (unpaired) electrons. The summed E-state index contributed by atoms with van der Waals surface area (Å²) in [5, 5.41) is 4.03. The molecule has 0 saturated carbocycles. The van der Waals surface area contributed by atoms with Crippen molar-refractivity contribution in [1.29, 1.82) is 0 Å². The van der Waals surface area contributed by atoms with Crippen molar-refractivity contribution in [3.05, 3.63) is 71.3 Å². The minimum Gasteiger partial charge on any atom is -0.394 e. The second kappa shape index (κ2) is 7.78. The van der Waals surface area contributed by atoms with Gasteiger partial charge >= 0.3 is 6.18 Å². The highest BCUT2D eigenvalue weighted by molar-refractivity contribution is 6.01. The van der Waals surface area contributed by atoms with E-state index in [0.717, 1.165) is 17.7 Å². The molecule has 0 aliphatic heterocycles. The maximum Gasteiger partial charge on any atom is 0.416 e. The Balaban J connectivity index is 2.24. The predicted molar refractivity (Wildman–Crippen MR) is 83.1 cm³/mol. The smallest absolute Gasteiger partial charge is 0.394 e. The van der Waals surface area contributed by atoms with Gasteiger partial charge in [-0.3, -0.25) is 0 Å². The fraction of sp³-hybridized carbons (Fsp3) is 0.235. The lowest BCUT2D eigenvalue weighted by Gasteiger charge is -2.10. The van der Waals surface area contributed by atoms with Crippen LogP contribution in [0.25, 0.3) is 0 Å². The second-order valence-electron chi connectivity index (χ2n) is 4.90. The Kier molecular flexibility index (Phi) is 5.76. The van der Waals surface area contributed by atoms with E-state index >= 15 is 0 Å². The summed E-state index contributed by atoms with van der Waals surface area (Å²) in [7, 11) is 0. The predicted octanol–water partition coefficient (Wildman–Crippen LogP) is 3.63. The van der Waals surface area contributed by atoms with Crippen LogP contribution in [0.4, 0.5) is 13.2 Å². The highest BCUT2D eigenvalue weighted by Crippen LogP contribution is 2.29. The summed E-state index contributed by atoms with van der Waals surface area (Å²) in [5.41, 5.74) is 6.79. The van der Waals surface area contributed by atoms with Crippen LogP contribution < -0.4 is 5.73 Å². The number of benzene rings is 2. The van der Waals surface area contributed by atoms with Crippen LogP contribution in [0.3, 0.4) is 0 Å².